The summed E-state index contributed by atoms with van der Waals surface area (Å²) in [6, 6.07) is 0. The molecule has 2 aliphatic rings. The molecule has 0 aromatic carbocycles. The van der Waals surface area contributed by atoms with Gasteiger partial charge in [-0.15, -0.1) is 0 Å². The van der Waals surface area contributed by atoms with Crippen LogP contribution in [-0.2, 0) is 0 Å². The van der Waals surface area contributed by atoms with E-state index < -0.39 is 0 Å². The zero-order valence-electron chi connectivity index (χ0n) is 11.0. The van der Waals surface area contributed by atoms with Gasteiger partial charge in [-0.3, -0.25) is 4.99 Å². The van der Waals surface area contributed by atoms with E-state index in [1.807, 2.05) is 0 Å². The van der Waals surface area contributed by atoms with Gasteiger partial charge in [0.2, 0.25) is 0 Å². The van der Waals surface area contributed by atoms with Crippen molar-refractivity contribution in [3.05, 3.63) is 0 Å². The maximum atomic E-state index is 6.10. The summed E-state index contributed by atoms with van der Waals surface area (Å²) in [6.07, 6.45) is 10.7. The van der Waals surface area contributed by atoms with Crippen molar-refractivity contribution in [3.63, 3.8) is 0 Å². The Hall–Kier alpha value is -0.570. The Bertz CT molecular complexity index is 238. The number of hydrogen-bond acceptors (Lipinski definition) is 2. The second-order valence-electron chi connectivity index (χ2n) is 5.54. The SMILES string of the molecule is NC(=NCCN1CCCCC1)C1CCCCC1. The molecular weight excluding hydrogens is 210 g/mol. The second kappa shape index (κ2) is 7.00. The molecule has 3 nitrogen and oxygen atoms in total. The van der Waals surface area contributed by atoms with Crippen LogP contribution in [0.2, 0.25) is 0 Å². The van der Waals surface area contributed by atoms with Gasteiger partial charge in [0.05, 0.1) is 12.4 Å². The van der Waals surface area contributed by atoms with Crippen molar-refractivity contribution >= 4 is 5.84 Å². The predicted molar refractivity (Wildman–Crippen MR) is 73.4 cm³/mol. The molecule has 1 aliphatic heterocycles. The zero-order valence-corrected chi connectivity index (χ0v) is 11.0. The first kappa shape index (κ1) is 12.9. The Kier molecular flexibility index (Phi) is 5.30. The Morgan fingerprint density at radius 3 is 2.35 bits per heavy atom. The van der Waals surface area contributed by atoms with Gasteiger partial charge in [0.25, 0.3) is 0 Å². The molecule has 3 heteroatoms. The molecule has 0 spiro atoms. The van der Waals surface area contributed by atoms with Gasteiger partial charge in [0, 0.05) is 12.5 Å². The number of amidine groups is 1. The molecule has 2 N–H and O–H groups in total. The van der Waals surface area contributed by atoms with Crippen molar-refractivity contribution in [1.82, 2.24) is 4.90 Å². The van der Waals surface area contributed by atoms with Crippen molar-refractivity contribution in [1.29, 1.82) is 0 Å². The molecule has 1 saturated heterocycles. The highest BCUT2D eigenvalue weighted by atomic mass is 15.1. The molecule has 1 aliphatic carbocycles. The highest BCUT2D eigenvalue weighted by Crippen LogP contribution is 2.23. The lowest BCUT2D eigenvalue weighted by molar-refractivity contribution is 0.235. The van der Waals surface area contributed by atoms with Crippen molar-refractivity contribution in [2.75, 3.05) is 26.2 Å². The van der Waals surface area contributed by atoms with Gasteiger partial charge in [0.1, 0.15) is 0 Å². The van der Waals surface area contributed by atoms with E-state index in [0.29, 0.717) is 5.92 Å². The lowest BCUT2D eigenvalue weighted by Crippen LogP contribution is -2.33. The van der Waals surface area contributed by atoms with Gasteiger partial charge in [-0.05, 0) is 38.8 Å². The molecule has 0 atom stereocenters. The molecule has 2 rings (SSSR count). The van der Waals surface area contributed by atoms with Crippen molar-refractivity contribution in [2.45, 2.75) is 51.4 Å². The van der Waals surface area contributed by atoms with Gasteiger partial charge in [0.15, 0.2) is 0 Å². The summed E-state index contributed by atoms with van der Waals surface area (Å²) >= 11 is 0. The smallest absolute Gasteiger partial charge is 0.0968 e. The lowest BCUT2D eigenvalue weighted by atomic mass is 9.88. The van der Waals surface area contributed by atoms with Crippen LogP contribution in [0.4, 0.5) is 0 Å². The fraction of sp³-hybridized carbons (Fsp3) is 0.929. The first-order chi connectivity index (χ1) is 8.36. The van der Waals surface area contributed by atoms with E-state index in [9.17, 15) is 0 Å². The normalized spacial score (nSPS) is 25.1. The molecule has 1 saturated carbocycles. The molecule has 0 radical (unpaired) electrons. The minimum Gasteiger partial charge on any atom is -0.387 e. The van der Waals surface area contributed by atoms with Gasteiger partial charge in [-0.1, -0.05) is 25.7 Å². The van der Waals surface area contributed by atoms with Crippen molar-refractivity contribution in [3.8, 4) is 0 Å². The van der Waals surface area contributed by atoms with Crippen LogP contribution < -0.4 is 5.73 Å². The van der Waals surface area contributed by atoms with Crippen LogP contribution in [0.3, 0.4) is 0 Å². The van der Waals surface area contributed by atoms with E-state index in [1.165, 1.54) is 64.5 Å². The highest BCUT2D eigenvalue weighted by molar-refractivity contribution is 5.82. The molecule has 2 fully saturated rings. The molecule has 0 unspecified atom stereocenters. The van der Waals surface area contributed by atoms with Gasteiger partial charge in [-0.2, -0.15) is 0 Å². The average Bonchev–Trinajstić information content (AvgIpc) is 2.41. The fourth-order valence-corrected chi connectivity index (χ4v) is 3.03. The molecule has 0 aromatic rings. The molecular formula is C14H27N3. The summed E-state index contributed by atoms with van der Waals surface area (Å²) in [4.78, 5) is 7.12. The number of piperidine rings is 1. The largest absolute Gasteiger partial charge is 0.387 e. The molecule has 0 bridgehead atoms. The van der Waals surface area contributed by atoms with Crippen molar-refractivity contribution in [2.24, 2.45) is 16.6 Å². The van der Waals surface area contributed by atoms with Crippen LogP contribution in [-0.4, -0.2) is 36.9 Å². The molecule has 17 heavy (non-hydrogen) atoms. The number of rotatable bonds is 4. The van der Waals surface area contributed by atoms with Crippen LogP contribution in [0.1, 0.15) is 51.4 Å². The minimum absolute atomic E-state index is 0.588. The topological polar surface area (TPSA) is 41.6 Å². The quantitative estimate of drug-likeness (QED) is 0.602. The summed E-state index contributed by atoms with van der Waals surface area (Å²) in [5, 5.41) is 0. The standard InChI is InChI=1S/C14H27N3/c15-14(13-7-3-1-4-8-13)16-9-12-17-10-5-2-6-11-17/h13H,1-12H2,(H2,15,16). The third-order valence-corrected chi connectivity index (χ3v) is 4.18. The zero-order chi connectivity index (χ0) is 11.9. The Morgan fingerprint density at radius 2 is 1.65 bits per heavy atom. The van der Waals surface area contributed by atoms with Crippen LogP contribution in [0, 0.1) is 5.92 Å². The monoisotopic (exact) mass is 237 g/mol. The van der Waals surface area contributed by atoms with E-state index in [-0.39, 0.29) is 0 Å². The molecule has 0 amide bonds. The van der Waals surface area contributed by atoms with Gasteiger partial charge < -0.3 is 10.6 Å². The first-order valence-electron chi connectivity index (χ1n) is 7.38. The minimum atomic E-state index is 0.588. The molecule has 1 heterocycles. The maximum absolute atomic E-state index is 6.10. The van der Waals surface area contributed by atoms with E-state index in [4.69, 9.17) is 5.73 Å². The number of likely N-dealkylation sites (tertiary alicyclic amines) is 1. The van der Waals surface area contributed by atoms with Gasteiger partial charge >= 0.3 is 0 Å². The Balaban J connectivity index is 1.67. The maximum Gasteiger partial charge on any atom is 0.0968 e. The number of nitrogens with zero attached hydrogens (tertiary/aromatic N) is 2. The van der Waals surface area contributed by atoms with E-state index >= 15 is 0 Å². The van der Waals surface area contributed by atoms with E-state index in [2.05, 4.69) is 9.89 Å². The Labute approximate surface area is 105 Å². The number of hydrogen-bond donors (Lipinski definition) is 1. The molecule has 98 valence electrons. The predicted octanol–water partition coefficient (Wildman–Crippen LogP) is 2.41. The molecule has 0 aromatic heterocycles. The number of nitrogens with two attached hydrogens (primary N) is 1. The summed E-state index contributed by atoms with van der Waals surface area (Å²) < 4.78 is 0. The Morgan fingerprint density at radius 1 is 1.00 bits per heavy atom. The fourth-order valence-electron chi connectivity index (χ4n) is 3.03. The van der Waals surface area contributed by atoms with E-state index in [0.717, 1.165) is 18.9 Å². The van der Waals surface area contributed by atoms with Crippen LogP contribution >= 0.6 is 0 Å². The van der Waals surface area contributed by atoms with E-state index in [1.54, 1.807) is 0 Å². The second-order valence-corrected chi connectivity index (χ2v) is 5.54. The third kappa shape index (κ3) is 4.30. The lowest BCUT2D eigenvalue weighted by Gasteiger charge is -2.26. The van der Waals surface area contributed by atoms with Crippen LogP contribution in [0.5, 0.6) is 0 Å². The van der Waals surface area contributed by atoms with Gasteiger partial charge in [-0.25, -0.2) is 0 Å². The summed E-state index contributed by atoms with van der Waals surface area (Å²) in [5.74, 6) is 1.52. The van der Waals surface area contributed by atoms with Crippen molar-refractivity contribution < 1.29 is 0 Å². The number of aliphatic imine (C=N–C) groups is 1. The van der Waals surface area contributed by atoms with Crippen LogP contribution in [0.25, 0.3) is 0 Å². The summed E-state index contributed by atoms with van der Waals surface area (Å²) in [5.41, 5.74) is 6.10. The average molecular weight is 237 g/mol. The summed E-state index contributed by atoms with van der Waals surface area (Å²) in [7, 11) is 0. The summed E-state index contributed by atoms with van der Waals surface area (Å²) in [6.45, 7) is 4.54. The highest BCUT2D eigenvalue weighted by Gasteiger charge is 2.16. The first-order valence-corrected chi connectivity index (χ1v) is 7.38. The van der Waals surface area contributed by atoms with Crippen LogP contribution in [0.15, 0.2) is 4.99 Å². The third-order valence-electron chi connectivity index (χ3n) is 4.18.